The Hall–Kier alpha value is -2.69. The van der Waals surface area contributed by atoms with Gasteiger partial charge in [-0.15, -0.1) is 0 Å². The minimum absolute atomic E-state index is 0.224. The van der Waals surface area contributed by atoms with Crippen molar-refractivity contribution in [3.05, 3.63) is 88.9 Å². The number of carbonyl (C=O) groups is 1. The predicted octanol–water partition coefficient (Wildman–Crippen LogP) is 5.44. The summed E-state index contributed by atoms with van der Waals surface area (Å²) < 4.78 is 0. The Bertz CT molecular complexity index is 940. The number of rotatable bonds is 3. The molecular weight excluding hydrogens is 364 g/mol. The second-order valence-electron chi connectivity index (χ2n) is 5.82. The molecule has 1 amide bonds. The molecule has 0 saturated heterocycles. The highest BCUT2D eigenvalue weighted by Crippen LogP contribution is 2.20. The van der Waals surface area contributed by atoms with Gasteiger partial charge in [-0.2, -0.15) is 0 Å². The van der Waals surface area contributed by atoms with Gasteiger partial charge in [-0.1, -0.05) is 60.1 Å². The second kappa shape index (κ2) is 8.13. The summed E-state index contributed by atoms with van der Waals surface area (Å²) in [5, 5.41) is 6.50. The molecule has 0 fully saturated rings. The summed E-state index contributed by atoms with van der Waals surface area (Å²) in [6.45, 7) is 1.92. The van der Waals surface area contributed by atoms with Crippen molar-refractivity contribution in [1.29, 1.82) is 0 Å². The Kier molecular flexibility index (Phi) is 5.66. The summed E-state index contributed by atoms with van der Waals surface area (Å²) in [5.41, 5.74) is 4.40. The molecule has 3 nitrogen and oxygen atoms in total. The molecular formula is C21H17ClN2OS. The fraction of sp³-hybridized carbons (Fsp3) is 0.0476. The number of anilines is 1. The summed E-state index contributed by atoms with van der Waals surface area (Å²) in [7, 11) is 0. The van der Waals surface area contributed by atoms with Crippen molar-refractivity contribution < 1.29 is 4.79 Å². The van der Waals surface area contributed by atoms with E-state index in [0.29, 0.717) is 10.6 Å². The quantitative estimate of drug-likeness (QED) is 0.594. The van der Waals surface area contributed by atoms with Crippen LogP contribution in [-0.2, 0) is 0 Å². The molecule has 3 aromatic carbocycles. The smallest absolute Gasteiger partial charge is 0.257 e. The zero-order valence-corrected chi connectivity index (χ0v) is 15.7. The van der Waals surface area contributed by atoms with Gasteiger partial charge in [-0.25, -0.2) is 0 Å². The number of thiocarbonyl (C=S) groups is 1. The third-order valence-corrected chi connectivity index (χ3v) is 4.52. The Morgan fingerprint density at radius 1 is 0.923 bits per heavy atom. The molecule has 0 aliphatic carbocycles. The Balaban J connectivity index is 1.64. The van der Waals surface area contributed by atoms with E-state index in [9.17, 15) is 4.79 Å². The summed E-state index contributed by atoms with van der Waals surface area (Å²) in [5.74, 6) is -0.264. The summed E-state index contributed by atoms with van der Waals surface area (Å²) >= 11 is 11.3. The molecule has 0 aliphatic rings. The van der Waals surface area contributed by atoms with Gasteiger partial charge in [0.05, 0.1) is 0 Å². The lowest BCUT2D eigenvalue weighted by atomic mass is 10.0. The lowest BCUT2D eigenvalue weighted by Gasteiger charge is -2.11. The number of carbonyl (C=O) groups excluding carboxylic acids is 1. The number of nitrogens with one attached hydrogen (secondary N) is 2. The van der Waals surface area contributed by atoms with Crippen LogP contribution >= 0.6 is 23.8 Å². The van der Waals surface area contributed by atoms with Gasteiger partial charge < -0.3 is 5.32 Å². The molecule has 3 rings (SSSR count). The molecule has 0 radical (unpaired) electrons. The first-order valence-electron chi connectivity index (χ1n) is 8.07. The van der Waals surface area contributed by atoms with E-state index in [0.717, 1.165) is 22.4 Å². The van der Waals surface area contributed by atoms with E-state index in [4.69, 9.17) is 23.8 Å². The van der Waals surface area contributed by atoms with Crippen LogP contribution in [0.5, 0.6) is 0 Å². The molecule has 0 aromatic heterocycles. The number of hydrogen-bond donors (Lipinski definition) is 2. The van der Waals surface area contributed by atoms with Crippen molar-refractivity contribution in [3.8, 4) is 11.1 Å². The van der Waals surface area contributed by atoms with Crippen LogP contribution < -0.4 is 10.6 Å². The normalized spacial score (nSPS) is 10.2. The van der Waals surface area contributed by atoms with Crippen LogP contribution in [0.2, 0.25) is 5.02 Å². The highest BCUT2D eigenvalue weighted by Gasteiger charge is 2.09. The van der Waals surface area contributed by atoms with Gasteiger partial charge in [0.2, 0.25) is 0 Å². The minimum atomic E-state index is -0.264. The van der Waals surface area contributed by atoms with E-state index in [1.807, 2.05) is 61.5 Å². The van der Waals surface area contributed by atoms with Gasteiger partial charge in [0.25, 0.3) is 5.91 Å². The van der Waals surface area contributed by atoms with Crippen molar-refractivity contribution in [2.45, 2.75) is 6.92 Å². The molecule has 26 heavy (non-hydrogen) atoms. The van der Waals surface area contributed by atoms with Crippen molar-refractivity contribution in [3.63, 3.8) is 0 Å². The Morgan fingerprint density at radius 2 is 1.58 bits per heavy atom. The zero-order chi connectivity index (χ0) is 18.5. The fourth-order valence-electron chi connectivity index (χ4n) is 2.45. The van der Waals surface area contributed by atoms with Gasteiger partial charge in [0.1, 0.15) is 0 Å². The number of amides is 1. The van der Waals surface area contributed by atoms with Gasteiger partial charge in [-0.3, -0.25) is 10.1 Å². The molecule has 0 spiro atoms. The summed E-state index contributed by atoms with van der Waals surface area (Å²) in [6, 6.07) is 22.9. The second-order valence-corrected chi connectivity index (χ2v) is 6.63. The predicted molar refractivity (Wildman–Crippen MR) is 112 cm³/mol. The maximum atomic E-state index is 12.3. The Morgan fingerprint density at radius 3 is 2.23 bits per heavy atom. The molecule has 3 aromatic rings. The number of benzene rings is 3. The van der Waals surface area contributed by atoms with Crippen molar-refractivity contribution in [2.24, 2.45) is 0 Å². The summed E-state index contributed by atoms with van der Waals surface area (Å²) in [4.78, 5) is 12.3. The van der Waals surface area contributed by atoms with E-state index in [2.05, 4.69) is 10.6 Å². The fourth-order valence-corrected chi connectivity index (χ4v) is 2.84. The van der Waals surface area contributed by atoms with Gasteiger partial charge in [-0.05, 0) is 60.1 Å². The largest absolute Gasteiger partial charge is 0.332 e. The van der Waals surface area contributed by atoms with E-state index in [1.54, 1.807) is 18.2 Å². The first-order valence-corrected chi connectivity index (χ1v) is 8.85. The topological polar surface area (TPSA) is 41.1 Å². The molecule has 0 atom stereocenters. The highest BCUT2D eigenvalue weighted by atomic mass is 35.5. The standard InChI is InChI=1S/C21H17ClN2OS/c1-14-7-12-18(13-19(14)22)23-21(26)24-20(25)17-10-8-16(9-11-17)15-5-3-2-4-6-15/h2-13H,1H3,(H2,23,24,25,26). The lowest BCUT2D eigenvalue weighted by molar-refractivity contribution is 0.0978. The number of halogens is 1. The maximum Gasteiger partial charge on any atom is 0.257 e. The minimum Gasteiger partial charge on any atom is -0.332 e. The number of hydrogen-bond acceptors (Lipinski definition) is 2. The third kappa shape index (κ3) is 4.48. The highest BCUT2D eigenvalue weighted by molar-refractivity contribution is 7.80. The van der Waals surface area contributed by atoms with Crippen molar-refractivity contribution in [1.82, 2.24) is 5.32 Å². The molecule has 0 aliphatic heterocycles. The van der Waals surface area contributed by atoms with Crippen molar-refractivity contribution in [2.75, 3.05) is 5.32 Å². The zero-order valence-electron chi connectivity index (χ0n) is 14.1. The molecule has 0 unspecified atom stereocenters. The van der Waals surface area contributed by atoms with Crippen LogP contribution in [0, 0.1) is 6.92 Å². The average molecular weight is 381 g/mol. The summed E-state index contributed by atoms with van der Waals surface area (Å²) in [6.07, 6.45) is 0. The maximum absolute atomic E-state index is 12.3. The van der Waals surface area contributed by atoms with Crippen LogP contribution in [0.25, 0.3) is 11.1 Å². The lowest BCUT2D eigenvalue weighted by Crippen LogP contribution is -2.34. The first kappa shape index (κ1) is 18.1. The molecule has 0 bridgehead atoms. The molecule has 2 N–H and O–H groups in total. The van der Waals surface area contributed by atoms with Crippen molar-refractivity contribution >= 4 is 40.5 Å². The molecule has 0 heterocycles. The van der Waals surface area contributed by atoms with E-state index in [-0.39, 0.29) is 11.0 Å². The molecule has 130 valence electrons. The average Bonchev–Trinajstić information content (AvgIpc) is 2.65. The van der Waals surface area contributed by atoms with Crippen LogP contribution in [0.15, 0.2) is 72.8 Å². The number of aryl methyl sites for hydroxylation is 1. The Labute approximate surface area is 163 Å². The SMILES string of the molecule is Cc1ccc(NC(=S)NC(=O)c2ccc(-c3ccccc3)cc2)cc1Cl. The van der Waals surface area contributed by atoms with Crippen LogP contribution in [0.4, 0.5) is 5.69 Å². The van der Waals surface area contributed by atoms with Gasteiger partial charge in [0.15, 0.2) is 5.11 Å². The third-order valence-electron chi connectivity index (χ3n) is 3.91. The molecule has 5 heteroatoms. The van der Waals surface area contributed by atoms with Crippen LogP contribution in [-0.4, -0.2) is 11.0 Å². The first-order chi connectivity index (χ1) is 12.5. The van der Waals surface area contributed by atoms with E-state index in [1.165, 1.54) is 0 Å². The van der Waals surface area contributed by atoms with Crippen LogP contribution in [0.3, 0.4) is 0 Å². The van der Waals surface area contributed by atoms with Crippen LogP contribution in [0.1, 0.15) is 15.9 Å². The van der Waals surface area contributed by atoms with Gasteiger partial charge in [0, 0.05) is 16.3 Å². The van der Waals surface area contributed by atoms with E-state index < -0.39 is 0 Å². The van der Waals surface area contributed by atoms with E-state index >= 15 is 0 Å². The van der Waals surface area contributed by atoms with Gasteiger partial charge >= 0.3 is 0 Å². The monoisotopic (exact) mass is 380 g/mol. The molecule has 0 saturated carbocycles.